The molecule has 8 nitrogen and oxygen atoms in total. The SMILES string of the molecule is Cc1sc2ncnc(N[C@@H](C)C(=O)N(C)Cc3nc4ccccc4c(=O)[nH]3)c2c1C. The highest BCUT2D eigenvalue weighted by molar-refractivity contribution is 7.18. The topological polar surface area (TPSA) is 104 Å². The van der Waals surface area contributed by atoms with E-state index < -0.39 is 6.04 Å². The number of fused-ring (bicyclic) bond motifs is 2. The monoisotopic (exact) mass is 422 g/mol. The number of hydrogen-bond acceptors (Lipinski definition) is 7. The van der Waals surface area contributed by atoms with E-state index >= 15 is 0 Å². The van der Waals surface area contributed by atoms with Crippen molar-refractivity contribution in [2.24, 2.45) is 0 Å². The van der Waals surface area contributed by atoms with Crippen LogP contribution in [0.3, 0.4) is 0 Å². The fourth-order valence-corrected chi connectivity index (χ4v) is 4.40. The molecule has 0 aliphatic heterocycles. The predicted molar refractivity (Wildman–Crippen MR) is 119 cm³/mol. The van der Waals surface area contributed by atoms with Gasteiger partial charge in [0.15, 0.2) is 0 Å². The van der Waals surface area contributed by atoms with Crippen molar-refractivity contribution in [2.75, 3.05) is 12.4 Å². The van der Waals surface area contributed by atoms with Gasteiger partial charge in [0.05, 0.1) is 22.8 Å². The summed E-state index contributed by atoms with van der Waals surface area (Å²) in [5.74, 6) is 0.950. The predicted octanol–water partition coefficient (Wildman–Crippen LogP) is 3.00. The minimum Gasteiger partial charge on any atom is -0.358 e. The Morgan fingerprint density at radius 3 is 2.83 bits per heavy atom. The molecule has 4 rings (SSSR count). The summed E-state index contributed by atoms with van der Waals surface area (Å²) in [6, 6.07) is 6.62. The van der Waals surface area contributed by atoms with E-state index in [0.29, 0.717) is 22.5 Å². The van der Waals surface area contributed by atoms with E-state index in [0.717, 1.165) is 15.8 Å². The van der Waals surface area contributed by atoms with Gasteiger partial charge < -0.3 is 15.2 Å². The zero-order valence-corrected chi connectivity index (χ0v) is 18.0. The van der Waals surface area contributed by atoms with Gasteiger partial charge in [0.2, 0.25) is 5.91 Å². The maximum atomic E-state index is 12.9. The normalized spacial score (nSPS) is 12.3. The van der Waals surface area contributed by atoms with Gasteiger partial charge in [0, 0.05) is 11.9 Å². The lowest BCUT2D eigenvalue weighted by Crippen LogP contribution is -2.39. The lowest BCUT2D eigenvalue weighted by Gasteiger charge is -2.22. The molecule has 0 aliphatic rings. The third-order valence-electron chi connectivity index (χ3n) is 5.11. The number of thiophene rings is 1. The molecule has 0 aliphatic carbocycles. The molecule has 3 aromatic heterocycles. The largest absolute Gasteiger partial charge is 0.358 e. The number of para-hydroxylation sites is 1. The van der Waals surface area contributed by atoms with Crippen LogP contribution in [0.5, 0.6) is 0 Å². The highest BCUT2D eigenvalue weighted by Crippen LogP contribution is 2.32. The Bertz CT molecular complexity index is 1310. The van der Waals surface area contributed by atoms with Crippen molar-refractivity contribution in [3.8, 4) is 0 Å². The van der Waals surface area contributed by atoms with Crippen LogP contribution >= 0.6 is 11.3 Å². The number of aromatic nitrogens is 4. The summed E-state index contributed by atoms with van der Waals surface area (Å²) in [5, 5.41) is 4.69. The van der Waals surface area contributed by atoms with Gasteiger partial charge >= 0.3 is 0 Å². The standard InChI is InChI=1S/C21H22N6O2S/c1-11-13(3)30-20-17(11)18(22-10-23-20)24-12(2)21(29)27(4)9-16-25-15-8-6-5-7-14(15)19(28)26-16/h5-8,10,12H,9H2,1-4H3,(H,22,23,24)(H,25,26,28)/t12-/m0/s1. The average Bonchev–Trinajstić information content (AvgIpc) is 3.02. The van der Waals surface area contributed by atoms with Crippen LogP contribution in [-0.2, 0) is 11.3 Å². The van der Waals surface area contributed by atoms with E-state index in [1.54, 1.807) is 43.5 Å². The number of nitrogens with zero attached hydrogens (tertiary/aromatic N) is 4. The van der Waals surface area contributed by atoms with Gasteiger partial charge in [-0.3, -0.25) is 9.59 Å². The maximum absolute atomic E-state index is 12.9. The molecule has 9 heteroatoms. The van der Waals surface area contributed by atoms with Crippen molar-refractivity contribution in [1.29, 1.82) is 0 Å². The second-order valence-electron chi connectivity index (χ2n) is 7.28. The molecule has 0 bridgehead atoms. The maximum Gasteiger partial charge on any atom is 0.258 e. The Hall–Kier alpha value is -3.33. The number of H-pyrrole nitrogens is 1. The van der Waals surface area contributed by atoms with Crippen molar-refractivity contribution < 1.29 is 4.79 Å². The molecular weight excluding hydrogens is 400 g/mol. The van der Waals surface area contributed by atoms with E-state index in [1.165, 1.54) is 16.1 Å². The second kappa shape index (κ2) is 7.83. The number of likely N-dealkylation sites (N-methyl/N-ethyl adjacent to an activating group) is 1. The summed E-state index contributed by atoms with van der Waals surface area (Å²) in [4.78, 5) is 44.7. The molecule has 4 aromatic rings. The van der Waals surface area contributed by atoms with Crippen LogP contribution in [0, 0.1) is 13.8 Å². The van der Waals surface area contributed by atoms with Crippen LogP contribution < -0.4 is 10.9 Å². The molecule has 1 aromatic carbocycles. The molecular formula is C21H22N6O2S. The van der Waals surface area contributed by atoms with E-state index in [-0.39, 0.29) is 18.0 Å². The number of anilines is 1. The molecule has 0 saturated carbocycles. The first-order valence-corrected chi connectivity index (χ1v) is 10.4. The highest BCUT2D eigenvalue weighted by atomic mass is 32.1. The van der Waals surface area contributed by atoms with E-state index in [1.807, 2.05) is 19.9 Å². The Balaban J connectivity index is 1.53. The Labute approximate surface area is 177 Å². The number of carbonyl (C=O) groups is 1. The molecule has 0 unspecified atom stereocenters. The summed E-state index contributed by atoms with van der Waals surface area (Å²) in [7, 11) is 1.69. The Morgan fingerprint density at radius 1 is 1.27 bits per heavy atom. The van der Waals surface area contributed by atoms with Crippen molar-refractivity contribution in [2.45, 2.75) is 33.4 Å². The summed E-state index contributed by atoms with van der Waals surface area (Å²) >= 11 is 1.61. The third-order valence-corrected chi connectivity index (χ3v) is 6.23. The van der Waals surface area contributed by atoms with Gasteiger partial charge in [0.25, 0.3) is 5.56 Å². The highest BCUT2D eigenvalue weighted by Gasteiger charge is 2.21. The molecule has 154 valence electrons. The summed E-state index contributed by atoms with van der Waals surface area (Å²) < 4.78 is 0. The lowest BCUT2D eigenvalue weighted by molar-refractivity contribution is -0.131. The number of benzene rings is 1. The molecule has 0 radical (unpaired) electrons. The fourth-order valence-electron chi connectivity index (χ4n) is 3.40. The van der Waals surface area contributed by atoms with Crippen LogP contribution in [-0.4, -0.2) is 43.8 Å². The van der Waals surface area contributed by atoms with Crippen LogP contribution in [0.2, 0.25) is 0 Å². The molecule has 2 N–H and O–H groups in total. The summed E-state index contributed by atoms with van der Waals surface area (Å²) in [6.45, 7) is 6.06. The molecule has 0 spiro atoms. The number of hydrogen-bond donors (Lipinski definition) is 2. The third kappa shape index (κ3) is 3.63. The van der Waals surface area contributed by atoms with Crippen molar-refractivity contribution in [1.82, 2.24) is 24.8 Å². The Morgan fingerprint density at radius 2 is 2.03 bits per heavy atom. The quantitative estimate of drug-likeness (QED) is 0.512. The molecule has 1 amide bonds. The number of aryl methyl sites for hydroxylation is 2. The van der Waals surface area contributed by atoms with Crippen molar-refractivity contribution in [3.63, 3.8) is 0 Å². The number of rotatable bonds is 5. The minimum absolute atomic E-state index is 0.137. The van der Waals surface area contributed by atoms with Gasteiger partial charge in [0.1, 0.15) is 28.8 Å². The summed E-state index contributed by atoms with van der Waals surface area (Å²) in [6.07, 6.45) is 1.50. The number of carbonyl (C=O) groups excluding carboxylic acids is 1. The Kier molecular flexibility index (Phi) is 5.21. The van der Waals surface area contributed by atoms with Gasteiger partial charge in [-0.15, -0.1) is 11.3 Å². The number of aromatic amines is 1. The molecule has 0 saturated heterocycles. The van der Waals surface area contributed by atoms with E-state index in [2.05, 4.69) is 25.3 Å². The molecule has 30 heavy (non-hydrogen) atoms. The van der Waals surface area contributed by atoms with Gasteiger partial charge in [-0.1, -0.05) is 12.1 Å². The molecule has 1 atom stereocenters. The zero-order chi connectivity index (χ0) is 21.4. The number of amides is 1. The molecule has 3 heterocycles. The van der Waals surface area contributed by atoms with E-state index in [4.69, 9.17) is 0 Å². The van der Waals surface area contributed by atoms with Gasteiger partial charge in [-0.05, 0) is 38.5 Å². The minimum atomic E-state index is -0.514. The van der Waals surface area contributed by atoms with Crippen molar-refractivity contribution in [3.05, 3.63) is 57.2 Å². The van der Waals surface area contributed by atoms with Crippen LogP contribution in [0.15, 0.2) is 35.4 Å². The lowest BCUT2D eigenvalue weighted by atomic mass is 10.2. The van der Waals surface area contributed by atoms with Crippen LogP contribution in [0.25, 0.3) is 21.1 Å². The number of nitrogens with one attached hydrogen (secondary N) is 2. The first kappa shape index (κ1) is 20.0. The first-order valence-electron chi connectivity index (χ1n) is 9.55. The molecule has 0 fully saturated rings. The van der Waals surface area contributed by atoms with Crippen LogP contribution in [0.4, 0.5) is 5.82 Å². The average molecular weight is 423 g/mol. The summed E-state index contributed by atoms with van der Waals surface area (Å²) in [5.41, 5.74) is 1.51. The van der Waals surface area contributed by atoms with Crippen LogP contribution in [0.1, 0.15) is 23.2 Å². The smallest absolute Gasteiger partial charge is 0.258 e. The fraction of sp³-hybridized carbons (Fsp3) is 0.286. The second-order valence-corrected chi connectivity index (χ2v) is 8.48. The van der Waals surface area contributed by atoms with Crippen molar-refractivity contribution >= 4 is 44.2 Å². The van der Waals surface area contributed by atoms with Gasteiger partial charge in [-0.2, -0.15) is 0 Å². The van der Waals surface area contributed by atoms with E-state index in [9.17, 15) is 9.59 Å². The zero-order valence-electron chi connectivity index (χ0n) is 17.2. The van der Waals surface area contributed by atoms with Gasteiger partial charge in [-0.25, -0.2) is 15.0 Å². The first-order chi connectivity index (χ1) is 14.3.